The monoisotopic (exact) mass is 453 g/mol. The van der Waals surface area contributed by atoms with Gasteiger partial charge in [-0.1, -0.05) is 72.8 Å². The Labute approximate surface area is 199 Å². The van der Waals surface area contributed by atoms with Crippen LogP contribution in [0.4, 0.5) is 0 Å². The van der Waals surface area contributed by atoms with Gasteiger partial charge in [-0.15, -0.1) is 0 Å². The maximum absolute atomic E-state index is 12.7. The van der Waals surface area contributed by atoms with Crippen molar-refractivity contribution in [1.29, 1.82) is 0 Å². The van der Waals surface area contributed by atoms with E-state index in [1.807, 2.05) is 72.8 Å². The average Bonchev–Trinajstić information content (AvgIpc) is 2.88. The standard InChI is InChI=1S/C29H27NO4/c1-33-27-15-12-24(13-16-27)28-19-26(31)18-25(30(28)20-22-8-4-2-5-9-22)14-17-29(32)34-21-23-10-6-3-7-11-23/h2-18,28H,19-21H2,1H3/b17-14+. The van der Waals surface area contributed by atoms with Gasteiger partial charge in [-0.2, -0.15) is 0 Å². The minimum atomic E-state index is -0.455. The molecule has 1 atom stereocenters. The highest BCUT2D eigenvalue weighted by Gasteiger charge is 2.28. The molecule has 0 N–H and O–H groups in total. The second-order valence-electron chi connectivity index (χ2n) is 8.07. The summed E-state index contributed by atoms with van der Waals surface area (Å²) in [5.41, 5.74) is 3.72. The molecule has 5 heteroatoms. The zero-order chi connectivity index (χ0) is 23.8. The predicted octanol–water partition coefficient (Wildman–Crippen LogP) is 5.39. The lowest BCUT2D eigenvalue weighted by atomic mass is 9.94. The molecule has 0 aromatic heterocycles. The van der Waals surface area contributed by atoms with E-state index in [-0.39, 0.29) is 18.4 Å². The van der Waals surface area contributed by atoms with Crippen molar-refractivity contribution in [2.24, 2.45) is 0 Å². The molecule has 0 radical (unpaired) electrons. The highest BCUT2D eigenvalue weighted by Crippen LogP contribution is 2.35. The van der Waals surface area contributed by atoms with E-state index in [0.717, 1.165) is 22.4 Å². The van der Waals surface area contributed by atoms with Crippen molar-refractivity contribution in [1.82, 2.24) is 4.90 Å². The van der Waals surface area contributed by atoms with E-state index in [4.69, 9.17) is 9.47 Å². The van der Waals surface area contributed by atoms with Gasteiger partial charge in [0.2, 0.25) is 0 Å². The van der Waals surface area contributed by atoms with Crippen LogP contribution in [0.5, 0.6) is 5.75 Å². The summed E-state index contributed by atoms with van der Waals surface area (Å²) in [6, 6.07) is 27.2. The Bertz CT molecular complexity index is 1170. The van der Waals surface area contributed by atoms with Crippen molar-refractivity contribution >= 4 is 11.8 Å². The molecular weight excluding hydrogens is 426 g/mol. The quantitative estimate of drug-likeness (QED) is 0.338. The van der Waals surface area contributed by atoms with Crippen molar-refractivity contribution in [3.05, 3.63) is 126 Å². The number of hydrogen-bond donors (Lipinski definition) is 0. The molecule has 1 aliphatic heterocycles. The first-order chi connectivity index (χ1) is 16.6. The molecule has 5 nitrogen and oxygen atoms in total. The molecule has 0 saturated carbocycles. The van der Waals surface area contributed by atoms with E-state index in [9.17, 15) is 9.59 Å². The fraction of sp³-hybridized carbons (Fsp3) is 0.172. The molecule has 0 bridgehead atoms. The number of ether oxygens (including phenoxy) is 2. The molecule has 3 aromatic carbocycles. The van der Waals surface area contributed by atoms with Crippen LogP contribution in [0.2, 0.25) is 0 Å². The molecular formula is C29H27NO4. The molecule has 4 rings (SSSR count). The molecule has 0 fully saturated rings. The van der Waals surface area contributed by atoms with Crippen molar-refractivity contribution in [2.45, 2.75) is 25.6 Å². The van der Waals surface area contributed by atoms with Gasteiger partial charge in [-0.25, -0.2) is 4.79 Å². The van der Waals surface area contributed by atoms with Crippen LogP contribution in [0.25, 0.3) is 0 Å². The molecule has 0 aliphatic carbocycles. The number of carbonyl (C=O) groups is 2. The van der Waals surface area contributed by atoms with Crippen LogP contribution in [-0.4, -0.2) is 23.8 Å². The summed E-state index contributed by atoms with van der Waals surface area (Å²) in [5, 5.41) is 0. The number of ketones is 1. The summed E-state index contributed by atoms with van der Waals surface area (Å²) >= 11 is 0. The largest absolute Gasteiger partial charge is 0.497 e. The lowest BCUT2D eigenvalue weighted by molar-refractivity contribution is -0.139. The van der Waals surface area contributed by atoms with Crippen molar-refractivity contribution in [3.63, 3.8) is 0 Å². The lowest BCUT2D eigenvalue weighted by Gasteiger charge is -2.37. The van der Waals surface area contributed by atoms with Crippen LogP contribution >= 0.6 is 0 Å². The van der Waals surface area contributed by atoms with Crippen molar-refractivity contribution < 1.29 is 19.1 Å². The smallest absolute Gasteiger partial charge is 0.331 e. The van der Waals surface area contributed by atoms with Gasteiger partial charge in [0.05, 0.1) is 13.2 Å². The second kappa shape index (κ2) is 11.1. The summed E-state index contributed by atoms with van der Waals surface area (Å²) in [7, 11) is 1.63. The van der Waals surface area contributed by atoms with Crippen LogP contribution in [0.3, 0.4) is 0 Å². The van der Waals surface area contributed by atoms with Crippen LogP contribution < -0.4 is 4.74 Å². The number of rotatable bonds is 8. The molecule has 1 aliphatic rings. The van der Waals surface area contributed by atoms with Crippen LogP contribution in [0, 0.1) is 0 Å². The molecule has 1 heterocycles. The van der Waals surface area contributed by atoms with Gasteiger partial charge >= 0.3 is 5.97 Å². The minimum absolute atomic E-state index is 0.0161. The van der Waals surface area contributed by atoms with E-state index in [1.165, 1.54) is 6.08 Å². The Morgan fingerprint density at radius 2 is 1.59 bits per heavy atom. The Kier molecular flexibility index (Phi) is 7.56. The summed E-state index contributed by atoms with van der Waals surface area (Å²) in [6.45, 7) is 0.796. The van der Waals surface area contributed by atoms with E-state index in [0.29, 0.717) is 18.7 Å². The summed E-state index contributed by atoms with van der Waals surface area (Å²) in [4.78, 5) is 27.2. The maximum atomic E-state index is 12.7. The van der Waals surface area contributed by atoms with Crippen molar-refractivity contribution in [2.75, 3.05) is 7.11 Å². The third kappa shape index (κ3) is 6.01. The molecule has 3 aromatic rings. The normalized spacial score (nSPS) is 15.8. The molecule has 0 spiro atoms. The number of methoxy groups -OCH3 is 1. The molecule has 172 valence electrons. The average molecular weight is 454 g/mol. The molecule has 0 saturated heterocycles. The van der Waals surface area contributed by atoms with Crippen LogP contribution in [0.15, 0.2) is 109 Å². The first-order valence-corrected chi connectivity index (χ1v) is 11.2. The van der Waals surface area contributed by atoms with Crippen molar-refractivity contribution in [3.8, 4) is 5.75 Å². The number of esters is 1. The number of carbonyl (C=O) groups excluding carboxylic acids is 2. The topological polar surface area (TPSA) is 55.8 Å². The number of hydrogen-bond acceptors (Lipinski definition) is 5. The minimum Gasteiger partial charge on any atom is -0.497 e. The van der Waals surface area contributed by atoms with E-state index in [2.05, 4.69) is 17.0 Å². The van der Waals surface area contributed by atoms with Gasteiger partial charge in [0.25, 0.3) is 0 Å². The zero-order valence-electron chi connectivity index (χ0n) is 19.1. The first-order valence-electron chi connectivity index (χ1n) is 11.2. The highest BCUT2D eigenvalue weighted by atomic mass is 16.5. The van der Waals surface area contributed by atoms with Gasteiger partial charge in [-0.3, -0.25) is 4.79 Å². The first kappa shape index (κ1) is 23.1. The van der Waals surface area contributed by atoms with E-state index < -0.39 is 5.97 Å². The summed E-state index contributed by atoms with van der Waals surface area (Å²) in [5.74, 6) is 0.322. The highest BCUT2D eigenvalue weighted by molar-refractivity contribution is 5.92. The Morgan fingerprint density at radius 1 is 0.941 bits per heavy atom. The third-order valence-electron chi connectivity index (χ3n) is 5.72. The Balaban J connectivity index is 1.56. The number of nitrogens with zero attached hydrogens (tertiary/aromatic N) is 1. The van der Waals surface area contributed by atoms with Gasteiger partial charge < -0.3 is 14.4 Å². The van der Waals surface area contributed by atoms with Crippen LogP contribution in [-0.2, 0) is 27.5 Å². The Hall–Kier alpha value is -4.12. The number of allylic oxidation sites excluding steroid dienone is 2. The zero-order valence-corrected chi connectivity index (χ0v) is 19.1. The SMILES string of the molecule is COc1ccc(C2CC(=O)C=C(/C=C/C(=O)OCc3ccccc3)N2Cc2ccccc2)cc1. The van der Waals surface area contributed by atoms with Gasteiger partial charge in [-0.05, 0) is 34.9 Å². The number of benzene rings is 3. The predicted molar refractivity (Wildman–Crippen MR) is 131 cm³/mol. The van der Waals surface area contributed by atoms with E-state index >= 15 is 0 Å². The van der Waals surface area contributed by atoms with Gasteiger partial charge in [0.15, 0.2) is 5.78 Å². The lowest BCUT2D eigenvalue weighted by Crippen LogP contribution is -2.33. The third-order valence-corrected chi connectivity index (χ3v) is 5.72. The molecule has 34 heavy (non-hydrogen) atoms. The summed E-state index contributed by atoms with van der Waals surface area (Å²) in [6.07, 6.45) is 5.01. The van der Waals surface area contributed by atoms with Gasteiger partial charge in [0, 0.05) is 30.8 Å². The fourth-order valence-electron chi connectivity index (χ4n) is 3.97. The Morgan fingerprint density at radius 3 is 2.24 bits per heavy atom. The van der Waals surface area contributed by atoms with Gasteiger partial charge in [0.1, 0.15) is 12.4 Å². The van der Waals surface area contributed by atoms with E-state index in [1.54, 1.807) is 19.3 Å². The molecule has 1 unspecified atom stereocenters. The fourth-order valence-corrected chi connectivity index (χ4v) is 3.97. The maximum Gasteiger partial charge on any atom is 0.331 e. The van der Waals surface area contributed by atoms with Crippen LogP contribution in [0.1, 0.15) is 29.2 Å². The second-order valence-corrected chi connectivity index (χ2v) is 8.07. The molecule has 0 amide bonds. The summed E-state index contributed by atoms with van der Waals surface area (Å²) < 4.78 is 10.7.